The van der Waals surface area contributed by atoms with Crippen molar-refractivity contribution in [2.24, 2.45) is 0 Å². The van der Waals surface area contributed by atoms with E-state index in [4.69, 9.17) is 9.47 Å². The molecule has 0 amide bonds. The molecule has 2 N–H and O–H groups in total. The molecule has 1 fully saturated rings. The molecule has 0 aliphatic carbocycles. The van der Waals surface area contributed by atoms with Crippen molar-refractivity contribution >= 4 is 5.95 Å². The molecule has 1 saturated heterocycles. The van der Waals surface area contributed by atoms with Gasteiger partial charge in [-0.05, 0) is 25.0 Å². The van der Waals surface area contributed by atoms with Gasteiger partial charge in [-0.1, -0.05) is 13.3 Å². The van der Waals surface area contributed by atoms with Crippen LogP contribution in [0.2, 0.25) is 0 Å². The molecular weight excluding hydrogens is 344 g/mol. The van der Waals surface area contributed by atoms with Gasteiger partial charge in [0.15, 0.2) is 0 Å². The molecule has 0 spiro atoms. The fraction of sp³-hybridized carbons (Fsp3) is 0.526. The number of methoxy groups -OCH3 is 2. The third kappa shape index (κ3) is 4.64. The van der Waals surface area contributed by atoms with Gasteiger partial charge in [-0.2, -0.15) is 5.10 Å². The summed E-state index contributed by atoms with van der Waals surface area (Å²) in [4.78, 5) is 6.72. The largest absolute Gasteiger partial charge is 0.497 e. The number of hydrogen-bond donors (Lipinski definition) is 2. The van der Waals surface area contributed by atoms with E-state index in [2.05, 4.69) is 33.0 Å². The van der Waals surface area contributed by atoms with Crippen LogP contribution < -0.4 is 25.2 Å². The van der Waals surface area contributed by atoms with Gasteiger partial charge < -0.3 is 14.4 Å². The predicted octanol–water partition coefficient (Wildman–Crippen LogP) is 2.03. The van der Waals surface area contributed by atoms with Gasteiger partial charge in [0.2, 0.25) is 5.95 Å². The van der Waals surface area contributed by atoms with E-state index in [1.165, 1.54) is 12.8 Å². The lowest BCUT2D eigenvalue weighted by atomic mass is 10.1. The summed E-state index contributed by atoms with van der Waals surface area (Å²) >= 11 is 0. The Morgan fingerprint density at radius 3 is 2.74 bits per heavy atom. The molecule has 146 valence electrons. The van der Waals surface area contributed by atoms with Crippen molar-refractivity contribution in [1.29, 1.82) is 0 Å². The first-order chi connectivity index (χ1) is 13.1. The van der Waals surface area contributed by atoms with Crippen molar-refractivity contribution in [1.82, 2.24) is 26.0 Å². The minimum absolute atomic E-state index is 0.356. The van der Waals surface area contributed by atoms with Gasteiger partial charge in [-0.3, -0.25) is 10.9 Å². The molecule has 8 heteroatoms. The van der Waals surface area contributed by atoms with E-state index in [1.54, 1.807) is 20.4 Å². The van der Waals surface area contributed by atoms with Gasteiger partial charge in [0.1, 0.15) is 11.5 Å². The minimum atomic E-state index is 0.356. The van der Waals surface area contributed by atoms with Crippen LogP contribution in [-0.2, 0) is 0 Å². The Bertz CT molecular complexity index is 757. The van der Waals surface area contributed by atoms with Crippen molar-refractivity contribution in [3.63, 3.8) is 0 Å². The average molecular weight is 372 g/mol. The van der Waals surface area contributed by atoms with Crippen molar-refractivity contribution < 1.29 is 9.47 Å². The van der Waals surface area contributed by atoms with Gasteiger partial charge >= 0.3 is 0 Å². The smallest absolute Gasteiger partial charge is 0.245 e. The number of benzene rings is 1. The molecule has 3 rings (SSSR count). The van der Waals surface area contributed by atoms with Crippen molar-refractivity contribution in [2.75, 3.05) is 32.7 Å². The Hall–Kier alpha value is -2.45. The van der Waals surface area contributed by atoms with Gasteiger partial charge in [0.25, 0.3) is 0 Å². The van der Waals surface area contributed by atoms with E-state index in [1.807, 2.05) is 30.1 Å². The fourth-order valence-electron chi connectivity index (χ4n) is 3.36. The summed E-state index contributed by atoms with van der Waals surface area (Å²) in [5.41, 5.74) is 8.30. The molecule has 1 aliphatic heterocycles. The highest BCUT2D eigenvalue weighted by molar-refractivity contribution is 5.68. The molecule has 2 aromatic rings. The second-order valence-corrected chi connectivity index (χ2v) is 6.80. The number of aromatic nitrogens is 3. The maximum absolute atomic E-state index is 5.48. The monoisotopic (exact) mass is 372 g/mol. The van der Waals surface area contributed by atoms with Crippen LogP contribution in [0.5, 0.6) is 11.5 Å². The minimum Gasteiger partial charge on any atom is -0.497 e. The van der Waals surface area contributed by atoms with Crippen molar-refractivity contribution in [3.05, 3.63) is 24.4 Å². The molecule has 27 heavy (non-hydrogen) atoms. The SMILES string of the molecule is CCCC1CC(CN(C)c2nncc(-c3ccc(OC)cc3OC)n2)NN1. The number of hydrazine groups is 1. The molecule has 0 saturated carbocycles. The first-order valence-electron chi connectivity index (χ1n) is 9.28. The molecule has 2 unspecified atom stereocenters. The van der Waals surface area contributed by atoms with E-state index in [0.717, 1.165) is 24.3 Å². The normalized spacial score (nSPS) is 19.1. The average Bonchev–Trinajstić information content (AvgIpc) is 3.14. The van der Waals surface area contributed by atoms with Crippen molar-refractivity contribution in [2.45, 2.75) is 38.3 Å². The van der Waals surface area contributed by atoms with E-state index < -0.39 is 0 Å². The molecule has 1 aromatic carbocycles. The molecule has 8 nitrogen and oxygen atoms in total. The van der Waals surface area contributed by atoms with Gasteiger partial charge in [0, 0.05) is 37.3 Å². The summed E-state index contributed by atoms with van der Waals surface area (Å²) in [6.45, 7) is 3.01. The van der Waals surface area contributed by atoms with Crippen molar-refractivity contribution in [3.8, 4) is 22.8 Å². The molecule has 0 bridgehead atoms. The zero-order valence-electron chi connectivity index (χ0n) is 16.4. The summed E-state index contributed by atoms with van der Waals surface area (Å²) < 4.78 is 10.7. The number of nitrogens with zero attached hydrogens (tertiary/aromatic N) is 4. The fourth-order valence-corrected chi connectivity index (χ4v) is 3.36. The Balaban J connectivity index is 1.74. The number of likely N-dealkylation sites (N-methyl/N-ethyl adjacent to an activating group) is 1. The van der Waals surface area contributed by atoms with Crippen LogP contribution in [0.25, 0.3) is 11.3 Å². The van der Waals surface area contributed by atoms with E-state index >= 15 is 0 Å². The number of nitrogens with one attached hydrogen (secondary N) is 2. The van der Waals surface area contributed by atoms with Crippen LogP contribution in [0.1, 0.15) is 26.2 Å². The third-order valence-electron chi connectivity index (χ3n) is 4.77. The maximum Gasteiger partial charge on any atom is 0.245 e. The highest BCUT2D eigenvalue weighted by atomic mass is 16.5. The lowest BCUT2D eigenvalue weighted by Crippen LogP contribution is -2.40. The molecule has 2 heterocycles. The lowest BCUT2D eigenvalue weighted by Gasteiger charge is -2.21. The molecule has 2 atom stereocenters. The highest BCUT2D eigenvalue weighted by Crippen LogP contribution is 2.32. The number of ether oxygens (including phenoxy) is 2. The summed E-state index contributed by atoms with van der Waals surface area (Å²) in [5.74, 6) is 2.01. The molecule has 0 radical (unpaired) electrons. The van der Waals surface area contributed by atoms with Crippen LogP contribution >= 0.6 is 0 Å². The summed E-state index contributed by atoms with van der Waals surface area (Å²) in [7, 11) is 5.25. The first kappa shape index (κ1) is 19.3. The van der Waals surface area contributed by atoms with E-state index in [0.29, 0.717) is 29.5 Å². The van der Waals surface area contributed by atoms with E-state index in [9.17, 15) is 0 Å². The Labute approximate surface area is 160 Å². The Kier molecular flexibility index (Phi) is 6.41. The van der Waals surface area contributed by atoms with Crippen LogP contribution in [0.15, 0.2) is 24.4 Å². The summed E-state index contributed by atoms with van der Waals surface area (Å²) in [5, 5.41) is 8.34. The number of anilines is 1. The van der Waals surface area contributed by atoms with Crippen LogP contribution in [-0.4, -0.2) is 55.1 Å². The third-order valence-corrected chi connectivity index (χ3v) is 4.77. The second kappa shape index (κ2) is 8.96. The zero-order chi connectivity index (χ0) is 19.2. The summed E-state index contributed by atoms with van der Waals surface area (Å²) in [6, 6.07) is 6.52. The zero-order valence-corrected chi connectivity index (χ0v) is 16.4. The molecule has 1 aliphatic rings. The molecular formula is C19H28N6O2. The Morgan fingerprint density at radius 2 is 2.00 bits per heavy atom. The van der Waals surface area contributed by atoms with Crippen LogP contribution in [0, 0.1) is 0 Å². The second-order valence-electron chi connectivity index (χ2n) is 6.80. The topological polar surface area (TPSA) is 84.4 Å². The number of hydrogen-bond acceptors (Lipinski definition) is 8. The van der Waals surface area contributed by atoms with Crippen LogP contribution in [0.3, 0.4) is 0 Å². The first-order valence-corrected chi connectivity index (χ1v) is 9.28. The standard InChI is InChI=1S/C19H28N6O2/c1-5-6-13-9-14(23-22-13)12-25(2)19-21-17(11-20-24-19)16-8-7-15(26-3)10-18(16)27-4/h7-8,10-11,13-14,22-23H,5-6,9,12H2,1-4H3. The van der Waals surface area contributed by atoms with Crippen LogP contribution in [0.4, 0.5) is 5.95 Å². The Morgan fingerprint density at radius 1 is 1.19 bits per heavy atom. The quantitative estimate of drug-likeness (QED) is 0.728. The highest BCUT2D eigenvalue weighted by Gasteiger charge is 2.24. The summed E-state index contributed by atoms with van der Waals surface area (Å²) in [6.07, 6.45) is 5.10. The molecule has 1 aromatic heterocycles. The van der Waals surface area contributed by atoms with E-state index in [-0.39, 0.29) is 0 Å². The predicted molar refractivity (Wildman–Crippen MR) is 105 cm³/mol. The maximum atomic E-state index is 5.48. The number of rotatable bonds is 8. The van der Waals surface area contributed by atoms with Gasteiger partial charge in [-0.25, -0.2) is 4.98 Å². The van der Waals surface area contributed by atoms with Gasteiger partial charge in [0.05, 0.1) is 26.1 Å². The lowest BCUT2D eigenvalue weighted by molar-refractivity contribution is 0.395. The van der Waals surface area contributed by atoms with Gasteiger partial charge in [-0.15, -0.1) is 5.10 Å².